The van der Waals surface area contributed by atoms with Gasteiger partial charge in [0.15, 0.2) is 0 Å². The zero-order valence-corrected chi connectivity index (χ0v) is 16.6. The lowest BCUT2D eigenvalue weighted by Crippen LogP contribution is -2.05. The molecule has 0 N–H and O–H groups in total. The second-order valence-corrected chi connectivity index (χ2v) is 6.97. The Bertz CT molecular complexity index is 1140. The third-order valence-electron chi connectivity index (χ3n) is 5.20. The van der Waals surface area contributed by atoms with Crippen LogP contribution in [0.25, 0.3) is 10.9 Å². The highest BCUT2D eigenvalue weighted by Gasteiger charge is 2.17. The van der Waals surface area contributed by atoms with E-state index < -0.39 is 0 Å². The predicted octanol–water partition coefficient (Wildman–Crippen LogP) is 4.82. The van der Waals surface area contributed by atoms with E-state index in [2.05, 4.69) is 28.6 Å². The molecule has 0 unspecified atom stereocenters. The van der Waals surface area contributed by atoms with Gasteiger partial charge in [0.2, 0.25) is 0 Å². The number of methoxy groups -OCH3 is 1. The van der Waals surface area contributed by atoms with Crippen LogP contribution >= 0.6 is 0 Å². The number of fused-ring (bicyclic) bond motifs is 1. The zero-order chi connectivity index (χ0) is 20.4. The highest BCUT2D eigenvalue weighted by molar-refractivity contribution is 5.88. The molecule has 0 saturated carbocycles. The second-order valence-electron chi connectivity index (χ2n) is 6.97. The number of aryl methyl sites for hydroxylation is 1. The van der Waals surface area contributed by atoms with Gasteiger partial charge in [0.1, 0.15) is 23.7 Å². The Hall–Kier alpha value is -3.41. The van der Waals surface area contributed by atoms with Gasteiger partial charge in [0.05, 0.1) is 13.3 Å². The highest BCUT2D eigenvalue weighted by Crippen LogP contribution is 2.31. The molecule has 0 amide bonds. The van der Waals surface area contributed by atoms with Gasteiger partial charge in [-0.1, -0.05) is 24.3 Å². The number of rotatable bonds is 6. The molecule has 4 aromatic rings. The van der Waals surface area contributed by atoms with E-state index in [4.69, 9.17) is 9.47 Å². The molecule has 0 aliphatic carbocycles. The van der Waals surface area contributed by atoms with Crippen molar-refractivity contribution in [1.82, 2.24) is 14.8 Å². The second kappa shape index (κ2) is 7.91. The van der Waals surface area contributed by atoms with E-state index >= 15 is 0 Å². The summed E-state index contributed by atoms with van der Waals surface area (Å²) in [7, 11) is 1.66. The third-order valence-corrected chi connectivity index (χ3v) is 5.20. The average molecular weight is 391 g/mol. The van der Waals surface area contributed by atoms with Crippen molar-refractivity contribution in [3.8, 4) is 11.6 Å². The minimum atomic E-state index is -0.268. The number of nitrogens with zero attached hydrogens (tertiary/aromatic N) is 3. The van der Waals surface area contributed by atoms with Gasteiger partial charge in [0.25, 0.3) is 5.88 Å². The maximum absolute atomic E-state index is 13.1. The van der Waals surface area contributed by atoms with Crippen molar-refractivity contribution in [3.05, 3.63) is 82.9 Å². The lowest BCUT2D eigenvalue weighted by atomic mass is 10.2. The van der Waals surface area contributed by atoms with E-state index in [0.29, 0.717) is 19.0 Å². The Labute approximate surface area is 168 Å². The summed E-state index contributed by atoms with van der Waals surface area (Å²) in [5.41, 5.74) is 5.21. The molecule has 0 bridgehead atoms. The van der Waals surface area contributed by atoms with E-state index in [9.17, 15) is 4.39 Å². The van der Waals surface area contributed by atoms with Gasteiger partial charge >= 0.3 is 0 Å². The molecular weight excluding hydrogens is 369 g/mol. The van der Waals surface area contributed by atoms with Gasteiger partial charge < -0.3 is 14.0 Å². The van der Waals surface area contributed by atoms with Crippen LogP contribution in [-0.2, 0) is 13.2 Å². The fraction of sp³-hybridized carbons (Fsp3) is 0.217. The molecule has 2 aromatic carbocycles. The molecule has 6 heteroatoms. The predicted molar refractivity (Wildman–Crippen MR) is 110 cm³/mol. The fourth-order valence-corrected chi connectivity index (χ4v) is 3.40. The summed E-state index contributed by atoms with van der Waals surface area (Å²) in [6, 6.07) is 14.3. The number of aromatic nitrogens is 3. The SMILES string of the molecule is COc1ccc(Cn2c(C)c(C)c3cnnc(OCc4ccc(F)cc4)c32)cc1. The van der Waals surface area contributed by atoms with Gasteiger partial charge in [0, 0.05) is 17.6 Å². The number of halogens is 1. The number of benzene rings is 2. The first-order valence-electron chi connectivity index (χ1n) is 9.38. The van der Waals surface area contributed by atoms with Crippen LogP contribution in [0.2, 0.25) is 0 Å². The summed E-state index contributed by atoms with van der Waals surface area (Å²) in [6.07, 6.45) is 1.77. The van der Waals surface area contributed by atoms with Gasteiger partial charge in [-0.05, 0) is 54.8 Å². The van der Waals surface area contributed by atoms with Gasteiger partial charge in [-0.25, -0.2) is 4.39 Å². The van der Waals surface area contributed by atoms with Crippen molar-refractivity contribution < 1.29 is 13.9 Å². The van der Waals surface area contributed by atoms with Crippen molar-refractivity contribution in [2.75, 3.05) is 7.11 Å². The Morgan fingerprint density at radius 2 is 1.66 bits per heavy atom. The summed E-state index contributed by atoms with van der Waals surface area (Å²) >= 11 is 0. The van der Waals surface area contributed by atoms with Crippen molar-refractivity contribution in [2.45, 2.75) is 27.0 Å². The molecule has 4 rings (SSSR count). The quantitative estimate of drug-likeness (QED) is 0.473. The maximum atomic E-state index is 13.1. The molecule has 5 nitrogen and oxygen atoms in total. The maximum Gasteiger partial charge on any atom is 0.258 e. The first-order valence-corrected chi connectivity index (χ1v) is 9.38. The number of ether oxygens (including phenoxy) is 2. The van der Waals surface area contributed by atoms with E-state index in [1.807, 2.05) is 24.3 Å². The Balaban J connectivity index is 1.69. The van der Waals surface area contributed by atoms with Crippen molar-refractivity contribution in [3.63, 3.8) is 0 Å². The standard InChI is InChI=1S/C23H22FN3O2/c1-15-16(2)27(13-17-6-10-20(28-3)11-7-17)22-21(15)12-25-26-23(22)29-14-18-4-8-19(24)9-5-18/h4-12H,13-14H2,1-3H3. The summed E-state index contributed by atoms with van der Waals surface area (Å²) in [6.45, 7) is 5.13. The lowest BCUT2D eigenvalue weighted by molar-refractivity contribution is 0.293. The molecule has 0 fully saturated rings. The first-order chi connectivity index (χ1) is 14.1. The smallest absolute Gasteiger partial charge is 0.258 e. The average Bonchev–Trinajstić information content (AvgIpc) is 2.99. The van der Waals surface area contributed by atoms with Gasteiger partial charge in [-0.2, -0.15) is 5.10 Å². The van der Waals surface area contributed by atoms with E-state index in [0.717, 1.165) is 39.0 Å². The Morgan fingerprint density at radius 1 is 0.966 bits per heavy atom. The summed E-state index contributed by atoms with van der Waals surface area (Å²) in [4.78, 5) is 0. The number of hydrogen-bond acceptors (Lipinski definition) is 4. The molecule has 0 radical (unpaired) electrons. The Kier molecular flexibility index (Phi) is 5.16. The molecule has 0 spiro atoms. The van der Waals surface area contributed by atoms with E-state index in [1.54, 1.807) is 25.4 Å². The van der Waals surface area contributed by atoms with Crippen molar-refractivity contribution in [2.24, 2.45) is 0 Å². The van der Waals surface area contributed by atoms with Crippen LogP contribution < -0.4 is 9.47 Å². The first kappa shape index (κ1) is 18.9. The zero-order valence-electron chi connectivity index (χ0n) is 16.6. The van der Waals surface area contributed by atoms with Crippen LogP contribution in [0.5, 0.6) is 11.6 Å². The minimum Gasteiger partial charge on any atom is -0.497 e. The molecule has 148 valence electrons. The van der Waals surface area contributed by atoms with Gasteiger partial charge in [-0.3, -0.25) is 0 Å². The minimum absolute atomic E-state index is 0.268. The largest absolute Gasteiger partial charge is 0.497 e. The van der Waals surface area contributed by atoms with Crippen molar-refractivity contribution in [1.29, 1.82) is 0 Å². The third kappa shape index (κ3) is 3.78. The Morgan fingerprint density at radius 3 is 2.34 bits per heavy atom. The molecule has 2 aromatic heterocycles. The van der Waals surface area contributed by atoms with Crippen molar-refractivity contribution >= 4 is 10.9 Å². The molecule has 2 heterocycles. The van der Waals surface area contributed by atoms with Crippen LogP contribution in [0.1, 0.15) is 22.4 Å². The lowest BCUT2D eigenvalue weighted by Gasteiger charge is -2.12. The van der Waals surface area contributed by atoms with Crippen LogP contribution in [0, 0.1) is 19.7 Å². The number of hydrogen-bond donors (Lipinski definition) is 0. The molecular formula is C23H22FN3O2. The summed E-state index contributed by atoms with van der Waals surface area (Å²) in [5.74, 6) is 1.03. The summed E-state index contributed by atoms with van der Waals surface area (Å²) in [5, 5.41) is 9.37. The van der Waals surface area contributed by atoms with Gasteiger partial charge in [-0.15, -0.1) is 5.10 Å². The van der Waals surface area contributed by atoms with E-state index in [-0.39, 0.29) is 5.82 Å². The topological polar surface area (TPSA) is 49.2 Å². The molecule has 0 saturated heterocycles. The highest BCUT2D eigenvalue weighted by atomic mass is 19.1. The van der Waals surface area contributed by atoms with Crippen LogP contribution in [0.15, 0.2) is 54.7 Å². The van der Waals surface area contributed by atoms with Crippen LogP contribution in [-0.4, -0.2) is 21.9 Å². The fourth-order valence-electron chi connectivity index (χ4n) is 3.40. The molecule has 0 aliphatic heterocycles. The molecule has 29 heavy (non-hydrogen) atoms. The van der Waals surface area contributed by atoms with Crippen LogP contribution in [0.4, 0.5) is 4.39 Å². The molecule has 0 aliphatic rings. The van der Waals surface area contributed by atoms with E-state index in [1.165, 1.54) is 12.1 Å². The van der Waals surface area contributed by atoms with Crippen LogP contribution in [0.3, 0.4) is 0 Å². The summed E-state index contributed by atoms with van der Waals surface area (Å²) < 4.78 is 26.6. The monoisotopic (exact) mass is 391 g/mol. The normalized spacial score (nSPS) is 11.0. The molecule has 0 atom stereocenters.